The van der Waals surface area contributed by atoms with E-state index in [9.17, 15) is 9.59 Å². The van der Waals surface area contributed by atoms with E-state index in [0.29, 0.717) is 38.2 Å². The molecule has 0 saturated carbocycles. The van der Waals surface area contributed by atoms with Crippen LogP contribution in [-0.2, 0) is 9.53 Å². The van der Waals surface area contributed by atoms with Crippen molar-refractivity contribution in [3.63, 3.8) is 0 Å². The van der Waals surface area contributed by atoms with Gasteiger partial charge >= 0.3 is 0 Å². The number of para-hydroxylation sites is 1. The van der Waals surface area contributed by atoms with Gasteiger partial charge in [0.1, 0.15) is 12.1 Å². The van der Waals surface area contributed by atoms with Gasteiger partial charge in [0.05, 0.1) is 30.3 Å². The molecule has 1 atom stereocenters. The number of piperidine rings is 1. The first-order valence-electron chi connectivity index (χ1n) is 10.3. The van der Waals surface area contributed by atoms with E-state index < -0.39 is 0 Å². The molecule has 30 heavy (non-hydrogen) atoms. The summed E-state index contributed by atoms with van der Waals surface area (Å²) >= 11 is 0. The molecule has 2 aliphatic heterocycles. The summed E-state index contributed by atoms with van der Waals surface area (Å²) < 4.78 is 11.7. The molecule has 3 heterocycles. The van der Waals surface area contributed by atoms with Gasteiger partial charge in [0.15, 0.2) is 0 Å². The summed E-state index contributed by atoms with van der Waals surface area (Å²) in [5.74, 6) is 0.705. The quantitative estimate of drug-likeness (QED) is 0.749. The van der Waals surface area contributed by atoms with Crippen LogP contribution in [-0.4, -0.2) is 64.6 Å². The first-order chi connectivity index (χ1) is 14.6. The van der Waals surface area contributed by atoms with E-state index in [4.69, 9.17) is 9.47 Å². The lowest BCUT2D eigenvalue weighted by atomic mass is 9.80. The van der Waals surface area contributed by atoms with Crippen molar-refractivity contribution >= 4 is 11.8 Å². The van der Waals surface area contributed by atoms with Crippen LogP contribution in [0.3, 0.4) is 0 Å². The first-order valence-corrected chi connectivity index (χ1v) is 10.3. The van der Waals surface area contributed by atoms with Crippen molar-refractivity contribution < 1.29 is 19.1 Å². The van der Waals surface area contributed by atoms with Gasteiger partial charge < -0.3 is 19.7 Å². The Morgan fingerprint density at radius 1 is 1.17 bits per heavy atom. The molecule has 0 unspecified atom stereocenters. The molecule has 8 nitrogen and oxygen atoms in total. The third-order valence-corrected chi connectivity index (χ3v) is 5.68. The lowest BCUT2D eigenvalue weighted by Gasteiger charge is -2.52. The molecule has 0 radical (unpaired) electrons. The molecule has 2 amide bonds. The number of aromatic nitrogens is 2. The van der Waals surface area contributed by atoms with E-state index in [-0.39, 0.29) is 23.5 Å². The van der Waals surface area contributed by atoms with E-state index >= 15 is 0 Å². The van der Waals surface area contributed by atoms with Gasteiger partial charge in [-0.3, -0.25) is 9.59 Å². The number of hydrogen-bond donors (Lipinski definition) is 1. The molecule has 2 fully saturated rings. The van der Waals surface area contributed by atoms with Crippen LogP contribution in [0.4, 0.5) is 0 Å². The molecule has 2 saturated heterocycles. The standard InChI is InChI=1S/C22H26N4O4/c27-20(6-11-29-18-4-2-1-3-5-18)26-9-7-22(8-10-26)12-19(30-22)15-25-21(28)17-13-23-16-24-14-17/h1-5,13-14,16,19H,6-12,15H2,(H,25,28)/t19-/m1/s1. The first kappa shape index (κ1) is 20.3. The second kappa shape index (κ2) is 9.21. The molecule has 1 spiro atoms. The summed E-state index contributed by atoms with van der Waals surface area (Å²) in [5, 5.41) is 2.86. The van der Waals surface area contributed by atoms with Crippen LogP contribution in [0.2, 0.25) is 0 Å². The fourth-order valence-corrected chi connectivity index (χ4v) is 4.01. The molecule has 1 aromatic heterocycles. The number of hydrogen-bond acceptors (Lipinski definition) is 6. The average Bonchev–Trinajstić information content (AvgIpc) is 2.77. The van der Waals surface area contributed by atoms with E-state index in [2.05, 4.69) is 15.3 Å². The Labute approximate surface area is 175 Å². The highest BCUT2D eigenvalue weighted by molar-refractivity contribution is 5.93. The molecule has 1 aromatic carbocycles. The van der Waals surface area contributed by atoms with Crippen molar-refractivity contribution in [2.45, 2.75) is 37.4 Å². The summed E-state index contributed by atoms with van der Waals surface area (Å²) in [6, 6.07) is 9.52. The highest BCUT2D eigenvalue weighted by atomic mass is 16.5. The summed E-state index contributed by atoms with van der Waals surface area (Å²) in [7, 11) is 0. The number of nitrogens with zero attached hydrogens (tertiary/aromatic N) is 3. The predicted molar refractivity (Wildman–Crippen MR) is 109 cm³/mol. The summed E-state index contributed by atoms with van der Waals surface area (Å²) in [6.45, 7) is 2.25. The molecule has 0 bridgehead atoms. The summed E-state index contributed by atoms with van der Waals surface area (Å²) in [4.78, 5) is 34.1. The average molecular weight is 410 g/mol. The zero-order valence-electron chi connectivity index (χ0n) is 16.8. The minimum atomic E-state index is -0.196. The van der Waals surface area contributed by atoms with Crippen LogP contribution in [0, 0.1) is 0 Å². The molecule has 158 valence electrons. The van der Waals surface area contributed by atoms with Gasteiger partial charge in [0.2, 0.25) is 5.91 Å². The molecular formula is C22H26N4O4. The topological polar surface area (TPSA) is 93.7 Å². The molecular weight excluding hydrogens is 384 g/mol. The molecule has 4 rings (SSSR count). The van der Waals surface area contributed by atoms with Gasteiger partial charge in [0, 0.05) is 38.4 Å². The van der Waals surface area contributed by atoms with Crippen molar-refractivity contribution in [2.75, 3.05) is 26.2 Å². The summed E-state index contributed by atoms with van der Waals surface area (Å²) in [5.41, 5.74) is 0.289. The predicted octanol–water partition coefficient (Wildman–Crippen LogP) is 1.83. The maximum absolute atomic E-state index is 12.4. The Hall–Kier alpha value is -3.00. The highest BCUT2D eigenvalue weighted by Gasteiger charge is 2.47. The normalized spacial score (nSPS) is 19.7. The number of carbonyl (C=O) groups is 2. The number of amides is 2. The lowest BCUT2D eigenvalue weighted by Crippen LogP contribution is -2.59. The van der Waals surface area contributed by atoms with Crippen LogP contribution in [0.5, 0.6) is 5.75 Å². The van der Waals surface area contributed by atoms with Crippen molar-refractivity contribution in [1.82, 2.24) is 20.2 Å². The van der Waals surface area contributed by atoms with Crippen LogP contribution in [0.25, 0.3) is 0 Å². The van der Waals surface area contributed by atoms with Crippen molar-refractivity contribution in [3.8, 4) is 5.75 Å². The van der Waals surface area contributed by atoms with Gasteiger partial charge in [-0.1, -0.05) is 18.2 Å². The van der Waals surface area contributed by atoms with E-state index in [1.54, 1.807) is 0 Å². The van der Waals surface area contributed by atoms with Crippen LogP contribution >= 0.6 is 0 Å². The largest absolute Gasteiger partial charge is 0.493 e. The third-order valence-electron chi connectivity index (χ3n) is 5.68. The fourth-order valence-electron chi connectivity index (χ4n) is 4.01. The Morgan fingerprint density at radius 3 is 2.57 bits per heavy atom. The van der Waals surface area contributed by atoms with Crippen molar-refractivity contribution in [3.05, 3.63) is 54.6 Å². The smallest absolute Gasteiger partial charge is 0.254 e. The molecule has 2 aliphatic rings. The van der Waals surface area contributed by atoms with Crippen LogP contribution < -0.4 is 10.1 Å². The molecule has 0 aliphatic carbocycles. The number of benzene rings is 1. The van der Waals surface area contributed by atoms with Crippen LogP contribution in [0.15, 0.2) is 49.1 Å². The fraction of sp³-hybridized carbons (Fsp3) is 0.455. The van der Waals surface area contributed by atoms with E-state index in [0.717, 1.165) is 25.0 Å². The number of nitrogens with one attached hydrogen (secondary N) is 1. The monoisotopic (exact) mass is 410 g/mol. The van der Waals surface area contributed by atoms with Crippen molar-refractivity contribution in [1.29, 1.82) is 0 Å². The third kappa shape index (κ3) is 4.94. The number of ether oxygens (including phenoxy) is 2. The van der Waals surface area contributed by atoms with Gasteiger partial charge in [0.25, 0.3) is 5.91 Å². The van der Waals surface area contributed by atoms with Crippen molar-refractivity contribution in [2.24, 2.45) is 0 Å². The Bertz CT molecular complexity index is 846. The second-order valence-electron chi connectivity index (χ2n) is 7.76. The molecule has 2 aromatic rings. The van der Waals surface area contributed by atoms with Gasteiger partial charge in [-0.15, -0.1) is 0 Å². The SMILES string of the molecule is O=C(NC[C@H]1CC2(CCN(C(=O)CCOc3ccccc3)CC2)O1)c1cncnc1. The molecule has 8 heteroatoms. The Kier molecular flexibility index (Phi) is 6.23. The zero-order valence-corrected chi connectivity index (χ0v) is 16.8. The van der Waals surface area contributed by atoms with E-state index in [1.165, 1.54) is 18.7 Å². The maximum atomic E-state index is 12.4. The number of carbonyl (C=O) groups excluding carboxylic acids is 2. The highest BCUT2D eigenvalue weighted by Crippen LogP contribution is 2.41. The lowest BCUT2D eigenvalue weighted by molar-refractivity contribution is -0.222. The Morgan fingerprint density at radius 2 is 1.87 bits per heavy atom. The Balaban J connectivity index is 1.13. The minimum absolute atomic E-state index is 0.0140. The molecule has 1 N–H and O–H groups in total. The number of likely N-dealkylation sites (tertiary alicyclic amines) is 1. The summed E-state index contributed by atoms with van der Waals surface area (Å²) in [6.07, 6.45) is 7.32. The number of rotatable bonds is 7. The minimum Gasteiger partial charge on any atom is -0.493 e. The van der Waals surface area contributed by atoms with Gasteiger partial charge in [-0.05, 0) is 25.0 Å². The second-order valence-corrected chi connectivity index (χ2v) is 7.76. The van der Waals surface area contributed by atoms with Gasteiger partial charge in [-0.25, -0.2) is 9.97 Å². The van der Waals surface area contributed by atoms with Gasteiger partial charge in [-0.2, -0.15) is 0 Å². The van der Waals surface area contributed by atoms with E-state index in [1.807, 2.05) is 35.2 Å². The zero-order chi connectivity index (χ0) is 20.8. The van der Waals surface area contributed by atoms with Crippen LogP contribution in [0.1, 0.15) is 36.0 Å². The maximum Gasteiger partial charge on any atom is 0.254 e.